The smallest absolute Gasteiger partial charge is 0.0794 e. The summed E-state index contributed by atoms with van der Waals surface area (Å²) in [7, 11) is 2.21. The Morgan fingerprint density at radius 2 is 2.31 bits per heavy atom. The van der Waals surface area contributed by atoms with Crippen LogP contribution >= 0.6 is 11.3 Å². The highest BCUT2D eigenvalue weighted by atomic mass is 32.1. The minimum absolute atomic E-state index is 0.621. The molecule has 16 heavy (non-hydrogen) atoms. The van der Waals surface area contributed by atoms with E-state index in [2.05, 4.69) is 29.2 Å². The predicted molar refractivity (Wildman–Crippen MR) is 68.6 cm³/mol. The molecule has 3 nitrogen and oxygen atoms in total. The summed E-state index contributed by atoms with van der Waals surface area (Å²) in [5.74, 6) is 0.837. The molecule has 4 heteroatoms. The van der Waals surface area contributed by atoms with Gasteiger partial charge in [0.15, 0.2) is 0 Å². The Bertz CT molecular complexity index is 291. The third-order valence-corrected chi connectivity index (χ3v) is 4.33. The summed E-state index contributed by atoms with van der Waals surface area (Å²) < 4.78 is 0. The first-order valence-corrected chi connectivity index (χ1v) is 6.93. The van der Waals surface area contributed by atoms with Crippen molar-refractivity contribution >= 4 is 11.3 Å². The molecule has 1 fully saturated rings. The van der Waals surface area contributed by atoms with Crippen LogP contribution in [-0.2, 0) is 6.54 Å². The van der Waals surface area contributed by atoms with Crippen LogP contribution in [0.25, 0.3) is 0 Å². The van der Waals surface area contributed by atoms with Crippen molar-refractivity contribution in [2.45, 2.75) is 32.4 Å². The molecule has 0 aromatic carbocycles. The fourth-order valence-electron chi connectivity index (χ4n) is 2.29. The normalized spacial score (nSPS) is 21.1. The number of rotatable bonds is 4. The molecule has 1 aliphatic heterocycles. The van der Waals surface area contributed by atoms with E-state index in [4.69, 9.17) is 0 Å². The van der Waals surface area contributed by atoms with E-state index in [-0.39, 0.29) is 0 Å². The monoisotopic (exact) mass is 239 g/mol. The van der Waals surface area contributed by atoms with Crippen molar-refractivity contribution in [3.63, 3.8) is 0 Å². The van der Waals surface area contributed by atoms with Gasteiger partial charge in [-0.25, -0.2) is 0 Å². The molecule has 0 aliphatic carbocycles. The quantitative estimate of drug-likeness (QED) is 0.870. The molecule has 1 aromatic heterocycles. The Morgan fingerprint density at radius 1 is 1.56 bits per heavy atom. The maximum absolute atomic E-state index is 4.09. The molecule has 0 saturated carbocycles. The first kappa shape index (κ1) is 12.0. The SMILES string of the molecule is CC(NCc1cncs1)C1CCN(C)CC1. The number of nitrogens with zero attached hydrogens (tertiary/aromatic N) is 2. The molecule has 1 saturated heterocycles. The maximum Gasteiger partial charge on any atom is 0.0794 e. The number of likely N-dealkylation sites (tertiary alicyclic amines) is 1. The van der Waals surface area contributed by atoms with Crippen LogP contribution in [-0.4, -0.2) is 36.1 Å². The number of thiazole rings is 1. The van der Waals surface area contributed by atoms with Gasteiger partial charge in [0.25, 0.3) is 0 Å². The molecular weight excluding hydrogens is 218 g/mol. The van der Waals surface area contributed by atoms with Gasteiger partial charge >= 0.3 is 0 Å². The zero-order chi connectivity index (χ0) is 11.4. The van der Waals surface area contributed by atoms with Crippen molar-refractivity contribution in [1.29, 1.82) is 0 Å². The molecular formula is C12H21N3S. The standard InChI is InChI=1S/C12H21N3S/c1-10(11-3-5-15(2)6-4-11)14-8-12-7-13-9-16-12/h7,9-11,14H,3-6,8H2,1-2H3. The van der Waals surface area contributed by atoms with Crippen molar-refractivity contribution in [3.8, 4) is 0 Å². The van der Waals surface area contributed by atoms with Gasteiger partial charge in [0, 0.05) is 23.7 Å². The molecule has 90 valence electrons. The highest BCUT2D eigenvalue weighted by Crippen LogP contribution is 2.20. The zero-order valence-electron chi connectivity index (χ0n) is 10.1. The largest absolute Gasteiger partial charge is 0.309 e. The molecule has 0 radical (unpaired) electrons. The maximum atomic E-state index is 4.09. The summed E-state index contributed by atoms with van der Waals surface area (Å²) in [6.07, 6.45) is 4.61. The number of aromatic nitrogens is 1. The van der Waals surface area contributed by atoms with Crippen molar-refractivity contribution in [1.82, 2.24) is 15.2 Å². The second-order valence-electron chi connectivity index (χ2n) is 4.78. The fourth-order valence-corrected chi connectivity index (χ4v) is 2.83. The summed E-state index contributed by atoms with van der Waals surface area (Å²) in [4.78, 5) is 7.85. The van der Waals surface area contributed by atoms with Crippen molar-refractivity contribution in [2.24, 2.45) is 5.92 Å². The van der Waals surface area contributed by atoms with Gasteiger partial charge in [-0.1, -0.05) is 0 Å². The molecule has 2 rings (SSSR count). The summed E-state index contributed by atoms with van der Waals surface area (Å²) in [6.45, 7) is 5.78. The van der Waals surface area contributed by atoms with Gasteiger partial charge in [-0.2, -0.15) is 0 Å². The third-order valence-electron chi connectivity index (χ3n) is 3.55. The van der Waals surface area contributed by atoms with Gasteiger partial charge in [0.2, 0.25) is 0 Å². The van der Waals surface area contributed by atoms with E-state index in [1.165, 1.54) is 30.8 Å². The first-order valence-electron chi connectivity index (χ1n) is 6.05. The predicted octanol–water partition coefficient (Wildman–Crippen LogP) is 1.96. The highest BCUT2D eigenvalue weighted by Gasteiger charge is 2.21. The Morgan fingerprint density at radius 3 is 2.94 bits per heavy atom. The van der Waals surface area contributed by atoms with Gasteiger partial charge in [-0.05, 0) is 45.8 Å². The van der Waals surface area contributed by atoms with Gasteiger partial charge in [0.1, 0.15) is 0 Å². The number of nitrogens with one attached hydrogen (secondary N) is 1. The zero-order valence-corrected chi connectivity index (χ0v) is 11.0. The van der Waals surface area contributed by atoms with E-state index < -0.39 is 0 Å². The van der Waals surface area contributed by atoms with E-state index >= 15 is 0 Å². The molecule has 1 unspecified atom stereocenters. The van der Waals surface area contributed by atoms with Gasteiger partial charge in [-0.15, -0.1) is 11.3 Å². The summed E-state index contributed by atoms with van der Waals surface area (Å²) in [5, 5.41) is 3.62. The van der Waals surface area contributed by atoms with Crippen LogP contribution in [0.3, 0.4) is 0 Å². The molecule has 0 spiro atoms. The Labute approximate surface area is 102 Å². The minimum atomic E-state index is 0.621. The molecule has 2 heterocycles. The van der Waals surface area contributed by atoms with Crippen LogP contribution in [0.1, 0.15) is 24.6 Å². The number of hydrogen-bond donors (Lipinski definition) is 1. The van der Waals surface area contributed by atoms with E-state index in [9.17, 15) is 0 Å². The Hall–Kier alpha value is -0.450. The van der Waals surface area contributed by atoms with E-state index in [1.54, 1.807) is 11.3 Å². The van der Waals surface area contributed by atoms with Crippen LogP contribution in [0.2, 0.25) is 0 Å². The van der Waals surface area contributed by atoms with Crippen molar-refractivity contribution in [3.05, 3.63) is 16.6 Å². The summed E-state index contributed by atoms with van der Waals surface area (Å²) in [5.41, 5.74) is 1.90. The average molecular weight is 239 g/mol. The average Bonchev–Trinajstić information content (AvgIpc) is 2.80. The molecule has 1 atom stereocenters. The Kier molecular flexibility index (Phi) is 4.32. The van der Waals surface area contributed by atoms with Crippen molar-refractivity contribution in [2.75, 3.05) is 20.1 Å². The molecule has 1 aliphatic rings. The number of piperidine rings is 1. The lowest BCUT2D eigenvalue weighted by atomic mass is 9.90. The Balaban J connectivity index is 1.73. The first-order chi connectivity index (χ1) is 7.75. The van der Waals surface area contributed by atoms with Crippen LogP contribution in [0.15, 0.2) is 11.7 Å². The highest BCUT2D eigenvalue weighted by molar-refractivity contribution is 7.09. The van der Waals surface area contributed by atoms with Gasteiger partial charge in [-0.3, -0.25) is 4.98 Å². The third kappa shape index (κ3) is 3.27. The van der Waals surface area contributed by atoms with Crippen LogP contribution in [0.4, 0.5) is 0 Å². The van der Waals surface area contributed by atoms with Crippen molar-refractivity contribution < 1.29 is 0 Å². The number of hydrogen-bond acceptors (Lipinski definition) is 4. The van der Waals surface area contributed by atoms with Crippen LogP contribution in [0, 0.1) is 5.92 Å². The minimum Gasteiger partial charge on any atom is -0.309 e. The lowest BCUT2D eigenvalue weighted by Gasteiger charge is -2.33. The second-order valence-corrected chi connectivity index (χ2v) is 5.75. The van der Waals surface area contributed by atoms with E-state index in [0.717, 1.165) is 12.5 Å². The van der Waals surface area contributed by atoms with Gasteiger partial charge in [0.05, 0.1) is 5.51 Å². The van der Waals surface area contributed by atoms with Crippen LogP contribution < -0.4 is 5.32 Å². The molecule has 1 N–H and O–H groups in total. The van der Waals surface area contributed by atoms with Gasteiger partial charge < -0.3 is 10.2 Å². The van der Waals surface area contributed by atoms with Crippen LogP contribution in [0.5, 0.6) is 0 Å². The summed E-state index contributed by atoms with van der Waals surface area (Å²) >= 11 is 1.73. The lowest BCUT2D eigenvalue weighted by molar-refractivity contribution is 0.189. The topological polar surface area (TPSA) is 28.2 Å². The van der Waals surface area contributed by atoms with E-state index in [1.807, 2.05) is 11.7 Å². The lowest BCUT2D eigenvalue weighted by Crippen LogP contribution is -2.40. The fraction of sp³-hybridized carbons (Fsp3) is 0.750. The summed E-state index contributed by atoms with van der Waals surface area (Å²) in [6, 6.07) is 0.621. The molecule has 1 aromatic rings. The molecule has 0 amide bonds. The second kappa shape index (κ2) is 5.75. The van der Waals surface area contributed by atoms with E-state index in [0.29, 0.717) is 6.04 Å². The molecule has 0 bridgehead atoms.